The summed E-state index contributed by atoms with van der Waals surface area (Å²) in [6, 6.07) is 8.11. The van der Waals surface area contributed by atoms with E-state index < -0.39 is 0 Å². The smallest absolute Gasteiger partial charge is 0.254 e. The van der Waals surface area contributed by atoms with E-state index in [1.807, 2.05) is 23.1 Å². The van der Waals surface area contributed by atoms with E-state index >= 15 is 0 Å². The molecule has 3 rings (SSSR count). The Balaban J connectivity index is 1.64. The summed E-state index contributed by atoms with van der Waals surface area (Å²) in [7, 11) is 2.15. The lowest BCUT2D eigenvalue weighted by molar-refractivity contribution is 0.0340. The first kappa shape index (κ1) is 18.4. The van der Waals surface area contributed by atoms with Crippen molar-refractivity contribution >= 4 is 5.91 Å². The lowest BCUT2D eigenvalue weighted by atomic mass is 10.1. The quantitative estimate of drug-likeness (QED) is 0.789. The van der Waals surface area contributed by atoms with Crippen molar-refractivity contribution in [2.24, 2.45) is 5.92 Å². The molecular formula is C20H31N3O2. The lowest BCUT2D eigenvalue weighted by Crippen LogP contribution is -2.37. The minimum atomic E-state index is 0.200. The van der Waals surface area contributed by atoms with E-state index in [-0.39, 0.29) is 5.91 Å². The number of morpholine rings is 1. The predicted octanol–water partition coefficient (Wildman–Crippen LogP) is 1.93. The highest BCUT2D eigenvalue weighted by molar-refractivity contribution is 5.95. The molecule has 5 nitrogen and oxygen atoms in total. The zero-order chi connectivity index (χ0) is 17.6. The first-order valence-electron chi connectivity index (χ1n) is 9.53. The number of rotatable bonds is 6. The van der Waals surface area contributed by atoms with Crippen LogP contribution in [0.2, 0.25) is 0 Å². The number of carbonyl (C=O) groups excluding carboxylic acids is 1. The molecule has 5 heteroatoms. The average Bonchev–Trinajstić information content (AvgIpc) is 3.11. The first-order valence-corrected chi connectivity index (χ1v) is 9.53. The largest absolute Gasteiger partial charge is 0.379 e. The van der Waals surface area contributed by atoms with Crippen molar-refractivity contribution in [2.45, 2.75) is 19.9 Å². The maximum absolute atomic E-state index is 13.1. The zero-order valence-corrected chi connectivity index (χ0v) is 15.6. The number of benzene rings is 1. The van der Waals surface area contributed by atoms with Gasteiger partial charge in [-0.2, -0.15) is 0 Å². The first-order chi connectivity index (χ1) is 12.2. The van der Waals surface area contributed by atoms with E-state index in [0.29, 0.717) is 5.92 Å². The van der Waals surface area contributed by atoms with Crippen LogP contribution in [0.25, 0.3) is 0 Å². The fraction of sp³-hybridized carbons (Fsp3) is 0.650. The summed E-state index contributed by atoms with van der Waals surface area (Å²) in [6.45, 7) is 10.4. The minimum absolute atomic E-state index is 0.200. The molecule has 0 aliphatic carbocycles. The highest BCUT2D eigenvalue weighted by Gasteiger charge is 2.28. The second kappa shape index (κ2) is 8.79. The molecule has 25 heavy (non-hydrogen) atoms. The third kappa shape index (κ3) is 4.81. The van der Waals surface area contributed by atoms with Crippen molar-refractivity contribution in [1.82, 2.24) is 14.7 Å². The van der Waals surface area contributed by atoms with Crippen molar-refractivity contribution in [3.63, 3.8) is 0 Å². The van der Waals surface area contributed by atoms with Crippen LogP contribution in [0.3, 0.4) is 0 Å². The van der Waals surface area contributed by atoms with Crippen LogP contribution < -0.4 is 0 Å². The van der Waals surface area contributed by atoms with E-state index in [1.165, 1.54) is 0 Å². The molecule has 0 radical (unpaired) electrons. The number of carbonyl (C=O) groups is 1. The van der Waals surface area contributed by atoms with Gasteiger partial charge < -0.3 is 14.5 Å². The van der Waals surface area contributed by atoms with Crippen molar-refractivity contribution < 1.29 is 9.53 Å². The Morgan fingerprint density at radius 3 is 2.76 bits per heavy atom. The molecular weight excluding hydrogens is 314 g/mol. The van der Waals surface area contributed by atoms with Gasteiger partial charge in [-0.05, 0) is 37.6 Å². The maximum atomic E-state index is 13.1. The van der Waals surface area contributed by atoms with Crippen LogP contribution in [0.4, 0.5) is 0 Å². The van der Waals surface area contributed by atoms with Gasteiger partial charge in [-0.1, -0.05) is 25.1 Å². The summed E-state index contributed by atoms with van der Waals surface area (Å²) >= 11 is 0. The number of hydrogen-bond donors (Lipinski definition) is 0. The van der Waals surface area contributed by atoms with E-state index in [0.717, 1.165) is 76.6 Å². The van der Waals surface area contributed by atoms with Crippen LogP contribution in [0.5, 0.6) is 0 Å². The number of ether oxygens (including phenoxy) is 1. The molecule has 2 aliphatic rings. The lowest BCUT2D eigenvalue weighted by Gasteiger charge is -2.28. The SMILES string of the molecule is CCN(C)C[C@H]1CCN(C(=O)c2ccccc2CN2CCOCC2)C1. The highest BCUT2D eigenvalue weighted by Crippen LogP contribution is 2.22. The van der Waals surface area contributed by atoms with Gasteiger partial charge in [0.1, 0.15) is 0 Å². The second-order valence-corrected chi connectivity index (χ2v) is 7.31. The summed E-state index contributed by atoms with van der Waals surface area (Å²) in [5.41, 5.74) is 2.02. The van der Waals surface area contributed by atoms with Gasteiger partial charge >= 0.3 is 0 Å². The van der Waals surface area contributed by atoms with E-state index in [9.17, 15) is 4.79 Å². The molecule has 2 heterocycles. The third-order valence-electron chi connectivity index (χ3n) is 5.43. The van der Waals surface area contributed by atoms with Gasteiger partial charge in [0.15, 0.2) is 0 Å². The molecule has 1 amide bonds. The second-order valence-electron chi connectivity index (χ2n) is 7.31. The summed E-state index contributed by atoms with van der Waals surface area (Å²) in [4.78, 5) is 19.8. The summed E-state index contributed by atoms with van der Waals surface area (Å²) in [5.74, 6) is 0.797. The van der Waals surface area contributed by atoms with Gasteiger partial charge in [0, 0.05) is 44.8 Å². The number of hydrogen-bond acceptors (Lipinski definition) is 4. The van der Waals surface area contributed by atoms with Crippen LogP contribution >= 0.6 is 0 Å². The van der Waals surface area contributed by atoms with Gasteiger partial charge in [-0.3, -0.25) is 9.69 Å². The molecule has 1 aromatic rings. The fourth-order valence-electron chi connectivity index (χ4n) is 3.77. The van der Waals surface area contributed by atoms with Crippen molar-refractivity contribution in [2.75, 3.05) is 59.5 Å². The van der Waals surface area contributed by atoms with E-state index in [2.05, 4.69) is 29.8 Å². The predicted molar refractivity (Wildman–Crippen MR) is 99.7 cm³/mol. The normalized spacial score (nSPS) is 21.9. The molecule has 2 saturated heterocycles. The third-order valence-corrected chi connectivity index (χ3v) is 5.43. The molecule has 2 aliphatic heterocycles. The molecule has 1 aromatic carbocycles. The summed E-state index contributed by atoms with van der Waals surface area (Å²) in [6.07, 6.45) is 1.11. The van der Waals surface area contributed by atoms with Crippen molar-refractivity contribution in [3.8, 4) is 0 Å². The highest BCUT2D eigenvalue weighted by atomic mass is 16.5. The Labute approximate surface area is 151 Å². The van der Waals surface area contributed by atoms with Gasteiger partial charge in [0.25, 0.3) is 5.91 Å². The molecule has 0 spiro atoms. The number of nitrogens with zero attached hydrogens (tertiary/aromatic N) is 3. The summed E-state index contributed by atoms with van der Waals surface area (Å²) in [5, 5.41) is 0. The summed E-state index contributed by atoms with van der Waals surface area (Å²) < 4.78 is 5.43. The molecule has 2 fully saturated rings. The number of likely N-dealkylation sites (tertiary alicyclic amines) is 1. The maximum Gasteiger partial charge on any atom is 0.254 e. The Kier molecular flexibility index (Phi) is 6.45. The van der Waals surface area contributed by atoms with Crippen LogP contribution in [-0.2, 0) is 11.3 Å². The Bertz CT molecular complexity index is 572. The molecule has 0 bridgehead atoms. The monoisotopic (exact) mass is 345 g/mol. The number of amides is 1. The van der Waals surface area contributed by atoms with Crippen LogP contribution in [-0.4, -0.2) is 80.1 Å². The minimum Gasteiger partial charge on any atom is -0.379 e. The van der Waals surface area contributed by atoms with E-state index in [4.69, 9.17) is 4.74 Å². The van der Waals surface area contributed by atoms with Crippen molar-refractivity contribution in [1.29, 1.82) is 0 Å². The van der Waals surface area contributed by atoms with Crippen LogP contribution in [0, 0.1) is 5.92 Å². The molecule has 138 valence electrons. The zero-order valence-electron chi connectivity index (χ0n) is 15.6. The molecule has 1 atom stereocenters. The standard InChI is InChI=1S/C20H31N3O2/c1-3-21(2)14-17-8-9-23(15-17)20(24)19-7-5-4-6-18(19)16-22-10-12-25-13-11-22/h4-7,17H,3,8-16H2,1-2H3/t17-/m1/s1. The Morgan fingerprint density at radius 2 is 2.00 bits per heavy atom. The average molecular weight is 345 g/mol. The van der Waals surface area contributed by atoms with Gasteiger partial charge in [-0.15, -0.1) is 0 Å². The van der Waals surface area contributed by atoms with Gasteiger partial charge in [0.05, 0.1) is 13.2 Å². The Hall–Kier alpha value is -1.43. The van der Waals surface area contributed by atoms with Crippen LogP contribution in [0.1, 0.15) is 29.3 Å². The van der Waals surface area contributed by atoms with Gasteiger partial charge in [-0.25, -0.2) is 0 Å². The van der Waals surface area contributed by atoms with Crippen LogP contribution in [0.15, 0.2) is 24.3 Å². The van der Waals surface area contributed by atoms with E-state index in [1.54, 1.807) is 0 Å². The van der Waals surface area contributed by atoms with Gasteiger partial charge in [0.2, 0.25) is 0 Å². The van der Waals surface area contributed by atoms with Crippen molar-refractivity contribution in [3.05, 3.63) is 35.4 Å². The molecule has 0 unspecified atom stereocenters. The molecule has 0 saturated carbocycles. The molecule has 0 N–H and O–H groups in total. The fourth-order valence-corrected chi connectivity index (χ4v) is 3.77. The Morgan fingerprint density at radius 1 is 1.24 bits per heavy atom. The molecule has 0 aromatic heterocycles. The topological polar surface area (TPSA) is 36.0 Å².